The van der Waals surface area contributed by atoms with Crippen molar-refractivity contribution in [2.75, 3.05) is 13.3 Å². The largest absolute Gasteiger partial charge is 4.00 e. The molecule has 0 spiro atoms. The first-order valence-corrected chi connectivity index (χ1v) is 10.4. The van der Waals surface area contributed by atoms with E-state index in [1.807, 2.05) is 0 Å². The second-order valence-corrected chi connectivity index (χ2v) is 8.38. The van der Waals surface area contributed by atoms with E-state index in [-0.39, 0.29) is 43.2 Å². The van der Waals surface area contributed by atoms with Crippen molar-refractivity contribution in [1.82, 2.24) is 0 Å². The molecule has 3 aromatic rings. The smallest absolute Gasteiger partial charge is 1.00 e. The first kappa shape index (κ1) is 26.6. The van der Waals surface area contributed by atoms with Gasteiger partial charge < -0.3 is 9.41 Å². The molecule has 0 saturated heterocycles. The van der Waals surface area contributed by atoms with Crippen LogP contribution in [0.5, 0.6) is 0 Å². The quantitative estimate of drug-likeness (QED) is 0.255. The summed E-state index contributed by atoms with van der Waals surface area (Å²) in [6, 6.07) is 19.7. The maximum Gasteiger partial charge on any atom is 4.00 e. The molecule has 25 heavy (non-hydrogen) atoms. The van der Waals surface area contributed by atoms with E-state index < -0.39 is 0 Å². The molecule has 0 unspecified atom stereocenters. The summed E-state index contributed by atoms with van der Waals surface area (Å²) in [6.07, 6.45) is 3.88. The predicted molar refractivity (Wildman–Crippen MR) is 103 cm³/mol. The second-order valence-electron chi connectivity index (χ2n) is 6.07. The second kappa shape index (κ2) is 13.5. The van der Waals surface area contributed by atoms with Crippen molar-refractivity contribution in [2.45, 2.75) is 33.1 Å². The van der Waals surface area contributed by atoms with Crippen molar-refractivity contribution < 1.29 is 35.3 Å². The van der Waals surface area contributed by atoms with Gasteiger partial charge in [0.1, 0.15) is 0 Å². The van der Waals surface area contributed by atoms with Gasteiger partial charge in [-0.3, -0.25) is 0 Å². The SMILES string of the molecule is CCCC[c-]1cccc1C.CP(C)c1cc2ccccc2[cH-]1.[F-].[F-].[Hf+4]. The Morgan fingerprint density at radius 3 is 2.24 bits per heavy atom. The van der Waals surface area contributed by atoms with E-state index in [0.29, 0.717) is 0 Å². The monoisotopic (exact) mass is 528 g/mol. The van der Waals surface area contributed by atoms with Gasteiger partial charge in [0.2, 0.25) is 0 Å². The summed E-state index contributed by atoms with van der Waals surface area (Å²) in [4.78, 5) is 0. The number of halogens is 2. The molecule has 4 heteroatoms. The summed E-state index contributed by atoms with van der Waals surface area (Å²) >= 11 is 0. The molecule has 0 aromatic heterocycles. The van der Waals surface area contributed by atoms with Crippen LogP contribution in [0.25, 0.3) is 10.8 Å². The van der Waals surface area contributed by atoms with Crippen molar-refractivity contribution in [1.29, 1.82) is 0 Å². The minimum absolute atomic E-state index is 0. The van der Waals surface area contributed by atoms with E-state index in [1.165, 1.54) is 46.5 Å². The normalized spacial score (nSPS) is 9.48. The third kappa shape index (κ3) is 8.05. The van der Waals surface area contributed by atoms with Gasteiger partial charge in [0, 0.05) is 0 Å². The first-order chi connectivity index (χ1) is 10.6. The van der Waals surface area contributed by atoms with E-state index in [2.05, 4.69) is 81.8 Å². The minimum atomic E-state index is 0. The Hall–Kier alpha value is -0.660. The standard InChI is InChI=1S/C11H12P.C10H15.2FH.Hf/c1-12(2)11-7-9-5-3-4-6-10(9)8-11;1-3-4-7-10-8-5-6-9(10)2;;;/h3-8H,1-2H3;5-6,8H,3-4,7H2,1-2H3;2*1H;/q2*-1;;;+4/p-2. The Kier molecular flexibility index (Phi) is 14.4. The van der Waals surface area contributed by atoms with Crippen LogP contribution < -0.4 is 14.7 Å². The number of hydrogen-bond acceptors (Lipinski definition) is 0. The molecule has 0 amide bonds. The van der Waals surface area contributed by atoms with Crippen molar-refractivity contribution >= 4 is 24.0 Å². The fourth-order valence-electron chi connectivity index (χ4n) is 2.59. The summed E-state index contributed by atoms with van der Waals surface area (Å²) in [5.41, 5.74) is 2.98. The van der Waals surface area contributed by atoms with Gasteiger partial charge in [-0.1, -0.05) is 39.2 Å². The molecular formula is C21H27F2HfP. The number of unbranched alkanes of at least 4 members (excludes halogenated alkanes) is 1. The number of aryl methyl sites for hydroxylation is 2. The van der Waals surface area contributed by atoms with E-state index >= 15 is 0 Å². The molecule has 0 bridgehead atoms. The topological polar surface area (TPSA) is 0 Å². The molecule has 0 fully saturated rings. The van der Waals surface area contributed by atoms with Crippen LogP contribution in [0.15, 0.2) is 54.6 Å². The first-order valence-electron chi connectivity index (χ1n) is 8.15. The van der Waals surface area contributed by atoms with Crippen LogP contribution >= 0.6 is 7.92 Å². The fourth-order valence-corrected chi connectivity index (χ4v) is 3.38. The molecule has 134 valence electrons. The Morgan fingerprint density at radius 1 is 1.04 bits per heavy atom. The molecule has 0 aliphatic carbocycles. The van der Waals surface area contributed by atoms with Crippen molar-refractivity contribution in [3.8, 4) is 0 Å². The van der Waals surface area contributed by atoms with Gasteiger partial charge >= 0.3 is 25.8 Å². The van der Waals surface area contributed by atoms with Crippen LogP contribution in [-0.4, -0.2) is 13.3 Å². The van der Waals surface area contributed by atoms with Gasteiger partial charge in [-0.25, -0.2) is 12.1 Å². The molecule has 0 N–H and O–H groups in total. The van der Waals surface area contributed by atoms with Crippen LogP contribution in [0.4, 0.5) is 0 Å². The van der Waals surface area contributed by atoms with Crippen LogP contribution in [-0.2, 0) is 32.3 Å². The van der Waals surface area contributed by atoms with Crippen molar-refractivity contribution in [3.63, 3.8) is 0 Å². The van der Waals surface area contributed by atoms with Gasteiger partial charge in [-0.15, -0.1) is 48.3 Å². The van der Waals surface area contributed by atoms with Gasteiger partial charge in [0.25, 0.3) is 0 Å². The molecule has 0 aliphatic heterocycles. The molecular weight excluding hydrogens is 500 g/mol. The van der Waals surface area contributed by atoms with Crippen molar-refractivity contribution in [3.05, 3.63) is 65.7 Å². The van der Waals surface area contributed by atoms with Gasteiger partial charge in [-0.05, 0) is 13.3 Å². The summed E-state index contributed by atoms with van der Waals surface area (Å²) in [5, 5.41) is 4.26. The third-order valence-corrected chi connectivity index (χ3v) is 5.36. The van der Waals surface area contributed by atoms with E-state index in [1.54, 1.807) is 0 Å². The Labute approximate surface area is 171 Å². The molecule has 0 saturated carbocycles. The van der Waals surface area contributed by atoms with Crippen LogP contribution in [0.2, 0.25) is 0 Å². The average molecular weight is 527 g/mol. The summed E-state index contributed by atoms with van der Waals surface area (Å²) in [6.45, 7) is 9.01. The van der Waals surface area contributed by atoms with Crippen molar-refractivity contribution in [2.24, 2.45) is 0 Å². The van der Waals surface area contributed by atoms with E-state index in [4.69, 9.17) is 0 Å². The molecule has 0 nitrogen and oxygen atoms in total. The summed E-state index contributed by atoms with van der Waals surface area (Å²) in [5.74, 6) is 0. The van der Waals surface area contributed by atoms with E-state index in [9.17, 15) is 0 Å². The third-order valence-electron chi connectivity index (χ3n) is 4.07. The van der Waals surface area contributed by atoms with Gasteiger partial charge in [-0.2, -0.15) is 23.3 Å². The summed E-state index contributed by atoms with van der Waals surface area (Å²) < 4.78 is 0. The van der Waals surface area contributed by atoms with Crippen LogP contribution in [0, 0.1) is 6.92 Å². The Morgan fingerprint density at radius 2 is 1.72 bits per heavy atom. The van der Waals surface area contributed by atoms with Gasteiger partial charge in [0.05, 0.1) is 0 Å². The minimum Gasteiger partial charge on any atom is -1.00 e. The summed E-state index contributed by atoms with van der Waals surface area (Å²) in [7, 11) is 0.0576. The average Bonchev–Trinajstić information content (AvgIpc) is 3.11. The molecule has 0 atom stereocenters. The molecule has 0 aliphatic rings. The zero-order valence-corrected chi connectivity index (χ0v) is 20.0. The van der Waals surface area contributed by atoms with Crippen LogP contribution in [0.3, 0.4) is 0 Å². The Bertz CT molecular complexity index is 668. The zero-order valence-electron chi connectivity index (χ0n) is 15.5. The predicted octanol–water partition coefficient (Wildman–Crippen LogP) is -0.0125. The maximum atomic E-state index is 2.31. The van der Waals surface area contributed by atoms with Gasteiger partial charge in [0.15, 0.2) is 0 Å². The Balaban J connectivity index is 0. The molecule has 0 heterocycles. The number of benzene rings is 1. The maximum absolute atomic E-state index is 2.31. The number of rotatable bonds is 4. The zero-order chi connectivity index (χ0) is 15.9. The van der Waals surface area contributed by atoms with E-state index in [0.717, 1.165) is 0 Å². The fraction of sp³-hybridized carbons (Fsp3) is 0.333. The number of fused-ring (bicyclic) bond motifs is 1. The van der Waals surface area contributed by atoms with Crippen LogP contribution in [0.1, 0.15) is 30.9 Å². The molecule has 0 radical (unpaired) electrons. The number of hydrogen-bond donors (Lipinski definition) is 0. The molecule has 3 aromatic carbocycles. The molecule has 3 rings (SSSR count).